The molecule has 140 valence electrons. The van der Waals surface area contributed by atoms with Crippen molar-refractivity contribution in [3.05, 3.63) is 34.4 Å². The fourth-order valence-corrected chi connectivity index (χ4v) is 4.38. The van der Waals surface area contributed by atoms with E-state index in [1.165, 1.54) is 30.0 Å². The molecule has 0 unspecified atom stereocenters. The van der Waals surface area contributed by atoms with E-state index in [9.17, 15) is 28.4 Å². The van der Waals surface area contributed by atoms with Gasteiger partial charge in [0.25, 0.3) is 5.69 Å². The minimum Gasteiger partial charge on any atom is -0.480 e. The summed E-state index contributed by atoms with van der Waals surface area (Å²) in [5.74, 6) is -0.437. The van der Waals surface area contributed by atoms with E-state index in [0.29, 0.717) is 0 Å². The van der Waals surface area contributed by atoms with Crippen LogP contribution in [0.5, 0.6) is 0 Å². The van der Waals surface area contributed by atoms with Gasteiger partial charge in [-0.25, -0.2) is 8.42 Å². The molecule has 0 aliphatic rings. The number of nitro benzene ring substituents is 1. The second-order valence-electron chi connectivity index (χ2n) is 5.40. The molecule has 0 saturated carbocycles. The summed E-state index contributed by atoms with van der Waals surface area (Å²) in [6.07, 6.45) is 4.22. The number of hydrogen-bond acceptors (Lipinski definition) is 6. The van der Waals surface area contributed by atoms with Crippen LogP contribution in [0.15, 0.2) is 29.2 Å². The molecule has 10 heteroatoms. The first-order chi connectivity index (χ1) is 11.8. The second-order valence-corrected chi connectivity index (χ2v) is 8.27. The van der Waals surface area contributed by atoms with Crippen molar-refractivity contribution < 1.29 is 23.2 Å². The SMILES string of the molecule is CCCCCCSC[C@H](NS(=O)(=O)c1cccc([N+](=O)[O-])c1)C(=O)O. The number of rotatable bonds is 12. The van der Waals surface area contributed by atoms with Gasteiger partial charge in [-0.2, -0.15) is 16.5 Å². The molecule has 0 radical (unpaired) electrons. The highest BCUT2D eigenvalue weighted by Gasteiger charge is 2.26. The number of nitrogens with one attached hydrogen (secondary N) is 1. The van der Waals surface area contributed by atoms with E-state index < -0.39 is 27.0 Å². The fraction of sp³-hybridized carbons (Fsp3) is 0.533. The summed E-state index contributed by atoms with van der Waals surface area (Å²) >= 11 is 1.37. The quantitative estimate of drug-likeness (QED) is 0.319. The number of nitro groups is 1. The summed E-state index contributed by atoms with van der Waals surface area (Å²) in [6, 6.07) is 3.20. The van der Waals surface area contributed by atoms with Crippen LogP contribution in [0, 0.1) is 10.1 Å². The number of aliphatic carboxylic acids is 1. The molecular weight excluding hydrogens is 368 g/mol. The van der Waals surface area contributed by atoms with E-state index in [0.717, 1.165) is 37.5 Å². The smallest absolute Gasteiger partial charge is 0.322 e. The van der Waals surface area contributed by atoms with Crippen LogP contribution in [0.4, 0.5) is 5.69 Å². The predicted octanol–water partition coefficient (Wildman–Crippen LogP) is 2.64. The fourth-order valence-electron chi connectivity index (χ4n) is 2.01. The predicted molar refractivity (Wildman–Crippen MR) is 96.3 cm³/mol. The Morgan fingerprint density at radius 1 is 1.36 bits per heavy atom. The molecule has 0 heterocycles. The highest BCUT2D eigenvalue weighted by Crippen LogP contribution is 2.18. The molecule has 0 aromatic heterocycles. The van der Waals surface area contributed by atoms with Crippen molar-refractivity contribution in [2.75, 3.05) is 11.5 Å². The van der Waals surface area contributed by atoms with Gasteiger partial charge in [0.15, 0.2) is 0 Å². The number of carboxylic acid groups (broad SMARTS) is 1. The molecule has 1 atom stereocenters. The number of non-ortho nitro benzene ring substituents is 1. The molecule has 0 saturated heterocycles. The Morgan fingerprint density at radius 2 is 2.08 bits per heavy atom. The Morgan fingerprint density at radius 3 is 2.68 bits per heavy atom. The summed E-state index contributed by atoms with van der Waals surface area (Å²) in [6.45, 7) is 2.09. The number of unbranched alkanes of at least 4 members (excludes halogenated alkanes) is 3. The number of carbonyl (C=O) groups is 1. The molecule has 0 fully saturated rings. The van der Waals surface area contributed by atoms with E-state index in [1.54, 1.807) is 0 Å². The summed E-state index contributed by atoms with van der Waals surface area (Å²) < 4.78 is 26.7. The van der Waals surface area contributed by atoms with E-state index in [4.69, 9.17) is 0 Å². The molecule has 8 nitrogen and oxygen atoms in total. The molecule has 25 heavy (non-hydrogen) atoms. The van der Waals surface area contributed by atoms with Crippen LogP contribution >= 0.6 is 11.8 Å². The van der Waals surface area contributed by atoms with Gasteiger partial charge >= 0.3 is 5.97 Å². The lowest BCUT2D eigenvalue weighted by Gasteiger charge is -2.14. The lowest BCUT2D eigenvalue weighted by atomic mass is 10.2. The normalized spacial score (nSPS) is 12.7. The van der Waals surface area contributed by atoms with Crippen molar-refractivity contribution in [3.63, 3.8) is 0 Å². The minimum absolute atomic E-state index is 0.0929. The highest BCUT2D eigenvalue weighted by molar-refractivity contribution is 7.99. The van der Waals surface area contributed by atoms with E-state index in [1.807, 2.05) is 0 Å². The molecule has 0 bridgehead atoms. The summed E-state index contributed by atoms with van der Waals surface area (Å²) in [4.78, 5) is 21.0. The van der Waals surface area contributed by atoms with Gasteiger partial charge in [0.2, 0.25) is 10.0 Å². The number of sulfonamides is 1. The van der Waals surface area contributed by atoms with Gasteiger partial charge in [-0.15, -0.1) is 0 Å². The number of hydrogen-bond donors (Lipinski definition) is 2. The van der Waals surface area contributed by atoms with Gasteiger partial charge in [0, 0.05) is 17.9 Å². The van der Waals surface area contributed by atoms with Crippen LogP contribution < -0.4 is 4.72 Å². The third-order valence-electron chi connectivity index (χ3n) is 3.36. The minimum atomic E-state index is -4.16. The average molecular weight is 390 g/mol. The summed E-state index contributed by atoms with van der Waals surface area (Å²) in [5, 5.41) is 20.0. The van der Waals surface area contributed by atoms with Crippen molar-refractivity contribution >= 4 is 33.4 Å². The molecule has 0 aliphatic heterocycles. The Kier molecular flexibility index (Phi) is 8.87. The Labute approximate surface area is 151 Å². The largest absolute Gasteiger partial charge is 0.480 e. The van der Waals surface area contributed by atoms with E-state index in [2.05, 4.69) is 11.6 Å². The van der Waals surface area contributed by atoms with Gasteiger partial charge in [0.1, 0.15) is 6.04 Å². The molecule has 0 aliphatic carbocycles. The van der Waals surface area contributed by atoms with Crippen LogP contribution in [-0.2, 0) is 14.8 Å². The number of carboxylic acids is 1. The number of nitrogens with zero attached hydrogens (tertiary/aromatic N) is 1. The Hall–Kier alpha value is -1.65. The first kappa shape index (κ1) is 21.4. The lowest BCUT2D eigenvalue weighted by Crippen LogP contribution is -2.42. The molecular formula is C15H22N2O6S2. The van der Waals surface area contributed by atoms with Gasteiger partial charge in [-0.1, -0.05) is 32.3 Å². The first-order valence-electron chi connectivity index (χ1n) is 7.85. The first-order valence-corrected chi connectivity index (χ1v) is 10.5. The molecule has 1 aromatic rings. The van der Waals surface area contributed by atoms with E-state index >= 15 is 0 Å². The van der Waals surface area contributed by atoms with Gasteiger partial charge in [0.05, 0.1) is 9.82 Å². The molecule has 1 rings (SSSR count). The zero-order valence-corrected chi connectivity index (χ0v) is 15.5. The van der Waals surface area contributed by atoms with Crippen LogP contribution in [0.1, 0.15) is 32.6 Å². The lowest BCUT2D eigenvalue weighted by molar-refractivity contribution is -0.385. The third kappa shape index (κ3) is 7.41. The third-order valence-corrected chi connectivity index (χ3v) is 5.98. The van der Waals surface area contributed by atoms with Crippen LogP contribution in [0.25, 0.3) is 0 Å². The number of benzene rings is 1. The van der Waals surface area contributed by atoms with Gasteiger partial charge < -0.3 is 5.11 Å². The standard InChI is InChI=1S/C15H22N2O6S2/c1-2-3-4-5-9-24-11-14(15(18)19)16-25(22,23)13-8-6-7-12(10-13)17(20)21/h6-8,10,14,16H,2-5,9,11H2,1H3,(H,18,19)/t14-/m0/s1. The zero-order chi connectivity index (χ0) is 18.9. The molecule has 0 amide bonds. The highest BCUT2D eigenvalue weighted by atomic mass is 32.2. The average Bonchev–Trinajstić information content (AvgIpc) is 2.56. The Balaban J connectivity index is 2.71. The van der Waals surface area contributed by atoms with Crippen LogP contribution in [0.2, 0.25) is 0 Å². The van der Waals surface area contributed by atoms with Crippen molar-refractivity contribution in [2.45, 2.75) is 43.5 Å². The van der Waals surface area contributed by atoms with Gasteiger partial charge in [-0.3, -0.25) is 14.9 Å². The maximum Gasteiger partial charge on any atom is 0.322 e. The van der Waals surface area contributed by atoms with Crippen LogP contribution in [0.3, 0.4) is 0 Å². The maximum absolute atomic E-state index is 12.3. The maximum atomic E-state index is 12.3. The topological polar surface area (TPSA) is 127 Å². The Bertz CT molecular complexity index is 693. The summed E-state index contributed by atoms with van der Waals surface area (Å²) in [7, 11) is -4.16. The van der Waals surface area contributed by atoms with Gasteiger partial charge in [-0.05, 0) is 18.2 Å². The monoisotopic (exact) mass is 390 g/mol. The summed E-state index contributed by atoms with van der Waals surface area (Å²) in [5.41, 5.74) is -0.375. The number of thioether (sulfide) groups is 1. The molecule has 1 aromatic carbocycles. The van der Waals surface area contributed by atoms with Crippen molar-refractivity contribution in [2.24, 2.45) is 0 Å². The van der Waals surface area contributed by atoms with Crippen molar-refractivity contribution in [1.29, 1.82) is 0 Å². The zero-order valence-electron chi connectivity index (χ0n) is 13.9. The molecule has 2 N–H and O–H groups in total. The second kappa shape index (κ2) is 10.4. The van der Waals surface area contributed by atoms with Crippen molar-refractivity contribution in [3.8, 4) is 0 Å². The van der Waals surface area contributed by atoms with E-state index in [-0.39, 0.29) is 16.3 Å². The van der Waals surface area contributed by atoms with Crippen molar-refractivity contribution in [1.82, 2.24) is 4.72 Å². The van der Waals surface area contributed by atoms with Crippen LogP contribution in [-0.4, -0.2) is 42.0 Å². The molecule has 0 spiro atoms.